The molecule has 0 radical (unpaired) electrons. The Hall–Kier alpha value is -1.79. The van der Waals surface area contributed by atoms with E-state index in [0.717, 1.165) is 25.8 Å². The maximum Gasteiger partial charge on any atom is 0.407 e. The van der Waals surface area contributed by atoms with Crippen molar-refractivity contribution in [3.63, 3.8) is 0 Å². The van der Waals surface area contributed by atoms with E-state index in [0.29, 0.717) is 13.0 Å². The Balaban J connectivity index is 3.66. The van der Waals surface area contributed by atoms with Crippen LogP contribution in [-0.2, 0) is 9.53 Å². The van der Waals surface area contributed by atoms with Crippen molar-refractivity contribution in [1.29, 1.82) is 0 Å². The van der Waals surface area contributed by atoms with Gasteiger partial charge in [0.05, 0.1) is 19.2 Å². The number of hydrogen-bond donors (Lipinski definition) is 2. The van der Waals surface area contributed by atoms with Crippen molar-refractivity contribution in [2.45, 2.75) is 45.6 Å². The topological polar surface area (TPSA) is 116 Å². The van der Waals surface area contributed by atoms with Gasteiger partial charge in [-0.15, -0.1) is 0 Å². The van der Waals surface area contributed by atoms with Gasteiger partial charge in [-0.05, 0) is 31.3 Å². The highest BCUT2D eigenvalue weighted by atomic mass is 16.5. The van der Waals surface area contributed by atoms with E-state index in [2.05, 4.69) is 20.7 Å². The molecule has 0 aromatic carbocycles. The van der Waals surface area contributed by atoms with E-state index in [1.165, 1.54) is 0 Å². The van der Waals surface area contributed by atoms with E-state index >= 15 is 0 Å². The van der Waals surface area contributed by atoms with Crippen LogP contribution >= 0.6 is 0 Å². The van der Waals surface area contributed by atoms with E-state index < -0.39 is 6.09 Å². The second-order valence-electron chi connectivity index (χ2n) is 4.44. The molecule has 0 aliphatic rings. The maximum atomic E-state index is 11.7. The minimum absolute atomic E-state index is 0.0728. The van der Waals surface area contributed by atoms with E-state index in [1.54, 1.807) is 0 Å². The molecule has 0 fully saturated rings. The average Bonchev–Trinajstić information content (AvgIpc) is 2.49. The number of ether oxygens (including phenoxy) is 1. The Kier molecular flexibility index (Phi) is 12.1. The Morgan fingerprint density at radius 1 is 1.33 bits per heavy atom. The molecule has 0 saturated heterocycles. The fraction of sp³-hybridized carbons (Fsp3) is 0.846. The number of amides is 1. The first-order chi connectivity index (χ1) is 10.2. The standard InChI is InChI=1S/C13H25N5O3/c1-3-12(19)11(15-4-2)7-5-6-8-16-13(20)21-10-9-17-18-14/h11,15H,3-10H2,1-2H3,(H,16,20). The van der Waals surface area contributed by atoms with Gasteiger partial charge in [0.1, 0.15) is 5.78 Å². The van der Waals surface area contributed by atoms with Crippen LogP contribution in [0.2, 0.25) is 0 Å². The predicted octanol–water partition coefficient (Wildman–Crippen LogP) is 2.15. The number of azide groups is 1. The molecule has 2 N–H and O–H groups in total. The van der Waals surface area contributed by atoms with Crippen molar-refractivity contribution >= 4 is 11.9 Å². The number of ketones is 1. The van der Waals surface area contributed by atoms with Gasteiger partial charge in [0.25, 0.3) is 0 Å². The highest BCUT2D eigenvalue weighted by Gasteiger charge is 2.14. The number of rotatable bonds is 12. The molecule has 0 heterocycles. The molecule has 0 rings (SSSR count). The minimum atomic E-state index is -0.518. The molecule has 1 amide bonds. The number of hydrogen-bond acceptors (Lipinski definition) is 5. The molecule has 0 aromatic rings. The van der Waals surface area contributed by atoms with E-state index in [4.69, 9.17) is 10.3 Å². The summed E-state index contributed by atoms with van der Waals surface area (Å²) in [7, 11) is 0. The molecule has 0 aromatic heterocycles. The molecule has 8 nitrogen and oxygen atoms in total. The monoisotopic (exact) mass is 299 g/mol. The van der Waals surface area contributed by atoms with Gasteiger partial charge in [-0.3, -0.25) is 4.79 Å². The first-order valence-electron chi connectivity index (χ1n) is 7.33. The fourth-order valence-corrected chi connectivity index (χ4v) is 1.81. The van der Waals surface area contributed by atoms with E-state index in [-0.39, 0.29) is 25.0 Å². The summed E-state index contributed by atoms with van der Waals surface area (Å²) < 4.78 is 4.78. The lowest BCUT2D eigenvalue weighted by atomic mass is 10.0. The Morgan fingerprint density at radius 3 is 2.71 bits per heavy atom. The number of carbonyl (C=O) groups is 2. The molecule has 0 saturated carbocycles. The third-order valence-electron chi connectivity index (χ3n) is 2.86. The SMILES string of the molecule is CCNC(CCCCNC(=O)OCCN=[N+]=[N-])C(=O)CC. The van der Waals surface area contributed by atoms with Crippen molar-refractivity contribution in [2.75, 3.05) is 26.2 Å². The van der Waals surface area contributed by atoms with Crippen LogP contribution in [0.5, 0.6) is 0 Å². The Morgan fingerprint density at radius 2 is 2.10 bits per heavy atom. The summed E-state index contributed by atoms with van der Waals surface area (Å²) in [6.45, 7) is 5.31. The van der Waals surface area contributed by atoms with Gasteiger partial charge >= 0.3 is 6.09 Å². The lowest BCUT2D eigenvalue weighted by Gasteiger charge is -2.15. The third kappa shape index (κ3) is 10.6. The molecule has 1 atom stereocenters. The van der Waals surface area contributed by atoms with Gasteiger partial charge < -0.3 is 15.4 Å². The number of carbonyl (C=O) groups excluding carboxylic acids is 2. The normalized spacial score (nSPS) is 11.3. The highest BCUT2D eigenvalue weighted by Crippen LogP contribution is 2.03. The molecule has 0 aliphatic carbocycles. The summed E-state index contributed by atoms with van der Waals surface area (Å²) >= 11 is 0. The molecule has 0 spiro atoms. The van der Waals surface area contributed by atoms with Gasteiger partial charge in [-0.25, -0.2) is 4.79 Å². The van der Waals surface area contributed by atoms with Crippen LogP contribution in [-0.4, -0.2) is 44.2 Å². The Labute approximate surface area is 125 Å². The summed E-state index contributed by atoms with van der Waals surface area (Å²) in [5.74, 6) is 0.224. The summed E-state index contributed by atoms with van der Waals surface area (Å²) in [6, 6.07) is -0.0872. The fourth-order valence-electron chi connectivity index (χ4n) is 1.81. The van der Waals surface area contributed by atoms with Gasteiger partial charge in [0.2, 0.25) is 0 Å². The zero-order valence-electron chi connectivity index (χ0n) is 12.8. The summed E-state index contributed by atoms with van der Waals surface area (Å²) in [4.78, 5) is 25.4. The zero-order valence-corrected chi connectivity index (χ0v) is 12.8. The van der Waals surface area contributed by atoms with Crippen molar-refractivity contribution < 1.29 is 14.3 Å². The van der Waals surface area contributed by atoms with Crippen molar-refractivity contribution in [3.05, 3.63) is 10.4 Å². The van der Waals surface area contributed by atoms with Crippen LogP contribution in [0.15, 0.2) is 5.11 Å². The molecule has 8 heteroatoms. The quantitative estimate of drug-likeness (QED) is 0.248. The lowest BCUT2D eigenvalue weighted by molar-refractivity contribution is -0.120. The Bertz CT molecular complexity index is 356. The van der Waals surface area contributed by atoms with E-state index in [1.807, 2.05) is 13.8 Å². The smallest absolute Gasteiger partial charge is 0.407 e. The minimum Gasteiger partial charge on any atom is -0.449 e. The number of nitrogens with one attached hydrogen (secondary N) is 2. The molecule has 0 aliphatic heterocycles. The molecule has 0 bridgehead atoms. The second-order valence-corrected chi connectivity index (χ2v) is 4.44. The molecule has 21 heavy (non-hydrogen) atoms. The lowest BCUT2D eigenvalue weighted by Crippen LogP contribution is -2.36. The number of Topliss-reactive ketones (excluding diaryl/α,β-unsaturated/α-hetero) is 1. The predicted molar refractivity (Wildman–Crippen MR) is 80.0 cm³/mol. The second kappa shape index (κ2) is 13.2. The van der Waals surface area contributed by atoms with Crippen molar-refractivity contribution in [2.24, 2.45) is 5.11 Å². The molecule has 1 unspecified atom stereocenters. The molecular formula is C13H25N5O3. The van der Waals surface area contributed by atoms with E-state index in [9.17, 15) is 9.59 Å². The summed E-state index contributed by atoms with van der Waals surface area (Å²) in [6.07, 6.45) is 2.42. The summed E-state index contributed by atoms with van der Waals surface area (Å²) in [5.41, 5.74) is 8.04. The van der Waals surface area contributed by atoms with Gasteiger partial charge in [-0.1, -0.05) is 19.0 Å². The summed E-state index contributed by atoms with van der Waals surface area (Å²) in [5, 5.41) is 9.03. The molecular weight excluding hydrogens is 274 g/mol. The highest BCUT2D eigenvalue weighted by molar-refractivity contribution is 5.83. The third-order valence-corrected chi connectivity index (χ3v) is 2.86. The van der Waals surface area contributed by atoms with Gasteiger partial charge in [0, 0.05) is 17.9 Å². The van der Waals surface area contributed by atoms with Crippen LogP contribution < -0.4 is 10.6 Å². The first kappa shape index (κ1) is 19.2. The molecule has 120 valence electrons. The van der Waals surface area contributed by atoms with Crippen LogP contribution in [0, 0.1) is 0 Å². The van der Waals surface area contributed by atoms with Crippen LogP contribution in [0.4, 0.5) is 4.79 Å². The zero-order chi connectivity index (χ0) is 15.9. The van der Waals surface area contributed by atoms with Crippen LogP contribution in [0.3, 0.4) is 0 Å². The van der Waals surface area contributed by atoms with Gasteiger partial charge in [-0.2, -0.15) is 0 Å². The van der Waals surface area contributed by atoms with Crippen molar-refractivity contribution in [3.8, 4) is 0 Å². The number of alkyl carbamates (subject to hydrolysis) is 1. The van der Waals surface area contributed by atoms with Crippen LogP contribution in [0.25, 0.3) is 10.4 Å². The van der Waals surface area contributed by atoms with Crippen molar-refractivity contribution in [1.82, 2.24) is 10.6 Å². The number of unbranched alkanes of at least 4 members (excludes halogenated alkanes) is 1. The largest absolute Gasteiger partial charge is 0.449 e. The van der Waals surface area contributed by atoms with Gasteiger partial charge in [0.15, 0.2) is 0 Å². The first-order valence-corrected chi connectivity index (χ1v) is 7.33. The van der Waals surface area contributed by atoms with Crippen LogP contribution in [0.1, 0.15) is 39.5 Å². The number of likely N-dealkylation sites (N-methyl/N-ethyl adjacent to an activating group) is 1. The number of nitrogens with zero attached hydrogens (tertiary/aromatic N) is 3. The maximum absolute atomic E-state index is 11.7. The average molecular weight is 299 g/mol.